The van der Waals surface area contributed by atoms with Crippen LogP contribution >= 0.6 is 11.6 Å². The zero-order chi connectivity index (χ0) is 17.2. The monoisotopic (exact) mass is 354 g/mol. The number of para-hydroxylation sites is 1. The number of amides is 1. The molecule has 2 aromatic rings. The number of hydrogen-bond acceptors (Lipinski definition) is 2. The van der Waals surface area contributed by atoms with Crippen LogP contribution in [-0.4, -0.2) is 37.0 Å². The lowest BCUT2D eigenvalue weighted by Gasteiger charge is -2.36. The number of aryl methyl sites for hydroxylation is 2. The van der Waals surface area contributed by atoms with Crippen LogP contribution in [-0.2, 0) is 12.8 Å². The molecule has 25 heavy (non-hydrogen) atoms. The Bertz CT molecular complexity index is 781. The van der Waals surface area contributed by atoms with Gasteiger partial charge in [-0.25, -0.2) is 0 Å². The van der Waals surface area contributed by atoms with Gasteiger partial charge in [-0.3, -0.25) is 4.79 Å². The van der Waals surface area contributed by atoms with Crippen LogP contribution in [0.3, 0.4) is 0 Å². The van der Waals surface area contributed by atoms with Crippen LogP contribution in [0.15, 0.2) is 42.5 Å². The van der Waals surface area contributed by atoms with Gasteiger partial charge in [-0.05, 0) is 61.1 Å². The molecular weight excluding hydrogens is 332 g/mol. The van der Waals surface area contributed by atoms with Crippen LogP contribution in [0.4, 0.5) is 5.69 Å². The molecule has 1 amide bonds. The quantitative estimate of drug-likeness (QED) is 0.807. The van der Waals surface area contributed by atoms with E-state index < -0.39 is 0 Å². The van der Waals surface area contributed by atoms with E-state index in [9.17, 15) is 4.79 Å². The highest BCUT2D eigenvalue weighted by Gasteiger charge is 2.24. The molecule has 0 spiro atoms. The summed E-state index contributed by atoms with van der Waals surface area (Å²) < 4.78 is 0. The molecule has 1 saturated heterocycles. The first-order valence-corrected chi connectivity index (χ1v) is 9.51. The molecule has 3 nitrogen and oxygen atoms in total. The molecule has 4 heteroatoms. The van der Waals surface area contributed by atoms with E-state index in [1.54, 1.807) is 0 Å². The number of rotatable bonds is 2. The Morgan fingerprint density at radius 2 is 1.60 bits per heavy atom. The zero-order valence-corrected chi connectivity index (χ0v) is 15.1. The number of halogens is 1. The molecular formula is C21H23ClN2O. The van der Waals surface area contributed by atoms with Crippen molar-refractivity contribution < 1.29 is 4.79 Å². The Labute approximate surface area is 154 Å². The topological polar surface area (TPSA) is 23.6 Å². The zero-order valence-electron chi connectivity index (χ0n) is 14.4. The normalized spacial score (nSPS) is 17.3. The van der Waals surface area contributed by atoms with Crippen molar-refractivity contribution in [2.75, 3.05) is 31.1 Å². The molecule has 0 unspecified atom stereocenters. The molecule has 1 aliphatic heterocycles. The number of hydrogen-bond donors (Lipinski definition) is 0. The molecule has 0 radical (unpaired) electrons. The Hall–Kier alpha value is -2.00. The van der Waals surface area contributed by atoms with Crippen LogP contribution in [0, 0.1) is 0 Å². The highest BCUT2D eigenvalue weighted by atomic mass is 35.5. The number of piperazine rings is 1. The number of benzene rings is 2. The minimum Gasteiger partial charge on any atom is -0.367 e. The molecule has 2 aliphatic rings. The lowest BCUT2D eigenvalue weighted by Crippen LogP contribution is -2.48. The summed E-state index contributed by atoms with van der Waals surface area (Å²) in [5.41, 5.74) is 4.69. The molecule has 1 fully saturated rings. The van der Waals surface area contributed by atoms with Crippen molar-refractivity contribution in [2.24, 2.45) is 0 Å². The van der Waals surface area contributed by atoms with E-state index in [1.807, 2.05) is 35.2 Å². The Kier molecular flexibility index (Phi) is 4.67. The third-order valence-corrected chi connectivity index (χ3v) is 5.68. The first kappa shape index (κ1) is 16.5. The second-order valence-electron chi connectivity index (χ2n) is 6.92. The predicted molar refractivity (Wildman–Crippen MR) is 103 cm³/mol. The van der Waals surface area contributed by atoms with Gasteiger partial charge in [0.2, 0.25) is 0 Å². The molecule has 130 valence electrons. The summed E-state index contributed by atoms with van der Waals surface area (Å²) in [4.78, 5) is 17.1. The number of anilines is 1. The minimum absolute atomic E-state index is 0.159. The van der Waals surface area contributed by atoms with Gasteiger partial charge in [0.1, 0.15) is 0 Å². The summed E-state index contributed by atoms with van der Waals surface area (Å²) in [6.07, 6.45) is 4.77. The van der Waals surface area contributed by atoms with E-state index in [0.29, 0.717) is 0 Å². The van der Waals surface area contributed by atoms with Crippen molar-refractivity contribution in [3.63, 3.8) is 0 Å². The van der Waals surface area contributed by atoms with Crippen LogP contribution < -0.4 is 4.90 Å². The lowest BCUT2D eigenvalue weighted by molar-refractivity contribution is 0.0746. The largest absolute Gasteiger partial charge is 0.367 e. The summed E-state index contributed by atoms with van der Waals surface area (Å²) in [7, 11) is 0. The molecule has 1 heterocycles. The van der Waals surface area contributed by atoms with E-state index in [-0.39, 0.29) is 5.91 Å². The van der Waals surface area contributed by atoms with Crippen molar-refractivity contribution in [2.45, 2.75) is 25.7 Å². The van der Waals surface area contributed by atoms with Gasteiger partial charge in [-0.1, -0.05) is 29.8 Å². The van der Waals surface area contributed by atoms with Crippen molar-refractivity contribution in [3.8, 4) is 0 Å². The Morgan fingerprint density at radius 3 is 2.36 bits per heavy atom. The Morgan fingerprint density at radius 1 is 0.880 bits per heavy atom. The summed E-state index contributed by atoms with van der Waals surface area (Å²) in [5, 5.41) is 0.775. The molecule has 2 aromatic carbocycles. The van der Waals surface area contributed by atoms with Gasteiger partial charge in [0.05, 0.1) is 10.7 Å². The van der Waals surface area contributed by atoms with Crippen molar-refractivity contribution >= 4 is 23.2 Å². The summed E-state index contributed by atoms with van der Waals surface area (Å²) in [6, 6.07) is 14.2. The second-order valence-corrected chi connectivity index (χ2v) is 7.33. The average molecular weight is 355 g/mol. The van der Waals surface area contributed by atoms with Crippen molar-refractivity contribution in [1.29, 1.82) is 0 Å². The van der Waals surface area contributed by atoms with Crippen LogP contribution in [0.2, 0.25) is 5.02 Å². The number of carbonyl (C=O) groups is 1. The van der Waals surface area contributed by atoms with Gasteiger partial charge in [-0.2, -0.15) is 0 Å². The van der Waals surface area contributed by atoms with Crippen LogP contribution in [0.1, 0.15) is 34.3 Å². The standard InChI is InChI=1S/C21H23ClN2O/c22-19-7-3-4-8-20(19)23-11-13-24(14-12-23)21(25)18-10-9-16-5-1-2-6-17(16)15-18/h3-4,7-10,15H,1-2,5-6,11-14H2. The first-order chi connectivity index (χ1) is 12.2. The van der Waals surface area contributed by atoms with Gasteiger partial charge in [-0.15, -0.1) is 0 Å². The molecule has 0 atom stereocenters. The van der Waals surface area contributed by atoms with E-state index in [4.69, 9.17) is 11.6 Å². The smallest absolute Gasteiger partial charge is 0.253 e. The summed E-state index contributed by atoms with van der Waals surface area (Å²) in [5.74, 6) is 0.159. The molecule has 1 aliphatic carbocycles. The maximum absolute atomic E-state index is 12.9. The average Bonchev–Trinajstić information content (AvgIpc) is 2.67. The van der Waals surface area contributed by atoms with Crippen LogP contribution in [0.5, 0.6) is 0 Å². The molecule has 0 saturated carbocycles. The number of fused-ring (bicyclic) bond motifs is 1. The summed E-state index contributed by atoms with van der Waals surface area (Å²) >= 11 is 6.30. The van der Waals surface area contributed by atoms with Gasteiger partial charge < -0.3 is 9.80 Å². The maximum Gasteiger partial charge on any atom is 0.253 e. The molecule has 0 aromatic heterocycles. The van der Waals surface area contributed by atoms with E-state index in [1.165, 1.54) is 24.0 Å². The summed E-state index contributed by atoms with van der Waals surface area (Å²) in [6.45, 7) is 3.11. The van der Waals surface area contributed by atoms with E-state index in [2.05, 4.69) is 17.0 Å². The number of carbonyl (C=O) groups excluding carboxylic acids is 1. The maximum atomic E-state index is 12.9. The minimum atomic E-state index is 0.159. The van der Waals surface area contributed by atoms with Gasteiger partial charge in [0.25, 0.3) is 5.91 Å². The van der Waals surface area contributed by atoms with E-state index >= 15 is 0 Å². The SMILES string of the molecule is O=C(c1ccc2c(c1)CCCC2)N1CCN(c2ccccc2Cl)CC1. The fourth-order valence-corrected chi connectivity index (χ4v) is 4.16. The lowest BCUT2D eigenvalue weighted by atomic mass is 9.90. The van der Waals surface area contributed by atoms with Crippen molar-refractivity contribution in [1.82, 2.24) is 4.90 Å². The number of nitrogens with zero attached hydrogens (tertiary/aromatic N) is 2. The highest BCUT2D eigenvalue weighted by Crippen LogP contribution is 2.27. The molecule has 0 bridgehead atoms. The van der Waals surface area contributed by atoms with Gasteiger partial charge in [0.15, 0.2) is 0 Å². The third-order valence-electron chi connectivity index (χ3n) is 5.36. The highest BCUT2D eigenvalue weighted by molar-refractivity contribution is 6.33. The van der Waals surface area contributed by atoms with Gasteiger partial charge in [0, 0.05) is 31.7 Å². The van der Waals surface area contributed by atoms with Crippen molar-refractivity contribution in [3.05, 3.63) is 64.2 Å². The third kappa shape index (κ3) is 3.38. The molecule has 0 N–H and O–H groups in total. The second kappa shape index (κ2) is 7.09. The fourth-order valence-electron chi connectivity index (χ4n) is 3.91. The molecule has 4 rings (SSSR count). The first-order valence-electron chi connectivity index (χ1n) is 9.13. The van der Waals surface area contributed by atoms with Crippen LogP contribution in [0.25, 0.3) is 0 Å². The van der Waals surface area contributed by atoms with Gasteiger partial charge >= 0.3 is 0 Å². The predicted octanol–water partition coefficient (Wildman–Crippen LogP) is 4.18. The Balaban J connectivity index is 1.44. The van der Waals surface area contributed by atoms with E-state index in [0.717, 1.165) is 55.3 Å². The fraction of sp³-hybridized carbons (Fsp3) is 0.381.